The third-order valence-electron chi connectivity index (χ3n) is 4.68. The average molecular weight is 464 g/mol. The number of esters is 2. The summed E-state index contributed by atoms with van der Waals surface area (Å²) in [4.78, 5) is 46.9. The van der Waals surface area contributed by atoms with E-state index in [9.17, 15) is 24.5 Å². The number of hydrogen-bond donors (Lipinski definition) is 2. The van der Waals surface area contributed by atoms with Crippen LogP contribution in [0.3, 0.4) is 0 Å². The summed E-state index contributed by atoms with van der Waals surface area (Å²) in [5.74, 6) is -1.24. The summed E-state index contributed by atoms with van der Waals surface area (Å²) < 4.78 is 10.2. The molecule has 0 bridgehead atoms. The maximum absolute atomic E-state index is 13.0. The van der Waals surface area contributed by atoms with Gasteiger partial charge in [-0.1, -0.05) is 12.1 Å². The van der Waals surface area contributed by atoms with Gasteiger partial charge in [0.1, 0.15) is 0 Å². The number of ether oxygens (including phenoxy) is 2. The second-order valence-electron chi connectivity index (χ2n) is 6.68. The minimum atomic E-state index is -0.911. The lowest BCUT2D eigenvalue weighted by molar-refractivity contribution is -0.384. The SMILES string of the molecule is CCOC(=O)C1=C(CSCCNC=O)NC(C)=C(C(=O)OC)C1c1cccc([N+](=O)[O-])c1. The molecule has 0 fully saturated rings. The molecule has 172 valence electrons. The number of methoxy groups -OCH3 is 1. The Labute approximate surface area is 189 Å². The van der Waals surface area contributed by atoms with Crippen molar-refractivity contribution in [3.63, 3.8) is 0 Å². The molecular weight excluding hydrogens is 438 g/mol. The summed E-state index contributed by atoms with van der Waals surface area (Å²) in [6.45, 7) is 3.91. The van der Waals surface area contributed by atoms with Crippen molar-refractivity contribution in [3.05, 3.63) is 62.5 Å². The number of nitro benzene ring substituents is 1. The van der Waals surface area contributed by atoms with E-state index in [1.165, 1.54) is 37.1 Å². The van der Waals surface area contributed by atoms with Gasteiger partial charge in [0.15, 0.2) is 0 Å². The van der Waals surface area contributed by atoms with Gasteiger partial charge in [-0.3, -0.25) is 14.9 Å². The molecule has 1 aromatic rings. The van der Waals surface area contributed by atoms with Crippen LogP contribution in [0.15, 0.2) is 46.8 Å². The number of dihydropyridines is 1. The number of thioether (sulfide) groups is 1. The molecule has 1 heterocycles. The molecule has 0 spiro atoms. The second-order valence-corrected chi connectivity index (χ2v) is 7.78. The Balaban J connectivity index is 2.61. The summed E-state index contributed by atoms with van der Waals surface area (Å²) in [7, 11) is 1.23. The number of carbonyl (C=O) groups excluding carboxylic acids is 3. The van der Waals surface area contributed by atoms with Crippen LogP contribution in [0.5, 0.6) is 0 Å². The molecule has 0 saturated carbocycles. The number of non-ortho nitro benzene ring substituents is 1. The van der Waals surface area contributed by atoms with Gasteiger partial charge in [0, 0.05) is 41.6 Å². The fraction of sp³-hybridized carbons (Fsp3) is 0.381. The van der Waals surface area contributed by atoms with E-state index in [4.69, 9.17) is 9.47 Å². The Kier molecular flexibility index (Phi) is 9.26. The Morgan fingerprint density at radius 3 is 2.69 bits per heavy atom. The van der Waals surface area contributed by atoms with Gasteiger partial charge in [0.25, 0.3) is 5.69 Å². The number of rotatable bonds is 11. The van der Waals surface area contributed by atoms with E-state index in [0.717, 1.165) is 0 Å². The van der Waals surface area contributed by atoms with Gasteiger partial charge >= 0.3 is 11.9 Å². The Hall–Kier alpha value is -3.34. The van der Waals surface area contributed by atoms with E-state index in [2.05, 4.69) is 10.6 Å². The third-order valence-corrected chi connectivity index (χ3v) is 5.67. The van der Waals surface area contributed by atoms with Crippen LogP contribution in [0, 0.1) is 10.1 Å². The first-order valence-corrected chi connectivity index (χ1v) is 11.0. The number of nitrogens with one attached hydrogen (secondary N) is 2. The monoisotopic (exact) mass is 463 g/mol. The lowest BCUT2D eigenvalue weighted by Gasteiger charge is -2.31. The van der Waals surface area contributed by atoms with Crippen LogP contribution in [-0.4, -0.2) is 55.0 Å². The quantitative estimate of drug-likeness (QED) is 0.166. The van der Waals surface area contributed by atoms with Crippen molar-refractivity contribution in [1.29, 1.82) is 0 Å². The molecule has 0 aromatic heterocycles. The zero-order valence-electron chi connectivity index (χ0n) is 18.0. The summed E-state index contributed by atoms with van der Waals surface area (Å²) in [6, 6.07) is 5.80. The minimum absolute atomic E-state index is 0.115. The number of nitro groups is 1. The molecule has 1 amide bonds. The topological polar surface area (TPSA) is 137 Å². The lowest BCUT2D eigenvalue weighted by atomic mass is 9.80. The van der Waals surface area contributed by atoms with Crippen molar-refractivity contribution in [3.8, 4) is 0 Å². The first-order chi connectivity index (χ1) is 15.3. The number of hydrogen-bond acceptors (Lipinski definition) is 9. The van der Waals surface area contributed by atoms with Gasteiger partial charge in [-0.05, 0) is 19.4 Å². The second kappa shape index (κ2) is 11.9. The van der Waals surface area contributed by atoms with Crippen molar-refractivity contribution in [2.24, 2.45) is 0 Å². The number of carbonyl (C=O) groups is 3. The molecule has 1 unspecified atom stereocenters. The average Bonchev–Trinajstić information content (AvgIpc) is 2.78. The Morgan fingerprint density at radius 1 is 1.31 bits per heavy atom. The maximum atomic E-state index is 13.0. The summed E-state index contributed by atoms with van der Waals surface area (Å²) in [5, 5.41) is 17.0. The minimum Gasteiger partial charge on any atom is -0.466 e. The molecule has 1 aliphatic rings. The highest BCUT2D eigenvalue weighted by atomic mass is 32.2. The van der Waals surface area contributed by atoms with Crippen molar-refractivity contribution in [2.45, 2.75) is 19.8 Å². The molecule has 11 heteroatoms. The number of nitrogens with zero attached hydrogens (tertiary/aromatic N) is 1. The van der Waals surface area contributed by atoms with Gasteiger partial charge < -0.3 is 20.1 Å². The standard InChI is InChI=1S/C21H25N3O7S/c1-4-31-21(27)19-16(11-32-9-8-22-12-25)23-13(2)17(20(26)30-3)18(19)14-6-5-7-15(10-14)24(28)29/h5-7,10,12,18,23H,4,8-9,11H2,1-3H3,(H,22,25). The van der Waals surface area contributed by atoms with E-state index in [1.54, 1.807) is 19.9 Å². The van der Waals surface area contributed by atoms with E-state index in [-0.39, 0.29) is 23.4 Å². The zero-order valence-corrected chi connectivity index (χ0v) is 18.8. The first kappa shape index (κ1) is 24.9. The first-order valence-electron chi connectivity index (χ1n) is 9.81. The van der Waals surface area contributed by atoms with Crippen LogP contribution < -0.4 is 10.6 Å². The maximum Gasteiger partial charge on any atom is 0.336 e. The van der Waals surface area contributed by atoms with Gasteiger partial charge in [0.05, 0.1) is 35.7 Å². The molecular formula is C21H25N3O7S. The zero-order chi connectivity index (χ0) is 23.7. The van der Waals surface area contributed by atoms with Gasteiger partial charge in [-0.15, -0.1) is 0 Å². The van der Waals surface area contributed by atoms with Crippen LogP contribution in [0.4, 0.5) is 5.69 Å². The highest BCUT2D eigenvalue weighted by Crippen LogP contribution is 2.40. The molecule has 10 nitrogen and oxygen atoms in total. The van der Waals surface area contributed by atoms with Crippen molar-refractivity contribution in [2.75, 3.05) is 31.8 Å². The largest absolute Gasteiger partial charge is 0.466 e. The summed E-state index contributed by atoms with van der Waals surface area (Å²) in [6.07, 6.45) is 0.608. The van der Waals surface area contributed by atoms with Crippen LogP contribution in [-0.2, 0) is 23.9 Å². The lowest BCUT2D eigenvalue weighted by Crippen LogP contribution is -2.34. The number of benzene rings is 1. The van der Waals surface area contributed by atoms with Gasteiger partial charge in [-0.2, -0.15) is 11.8 Å². The fourth-order valence-electron chi connectivity index (χ4n) is 3.36. The molecule has 2 N–H and O–H groups in total. The van der Waals surface area contributed by atoms with E-state index in [1.807, 2.05) is 0 Å². The van der Waals surface area contributed by atoms with Gasteiger partial charge in [0.2, 0.25) is 6.41 Å². The molecule has 2 rings (SSSR count). The molecule has 32 heavy (non-hydrogen) atoms. The molecule has 0 aliphatic carbocycles. The molecule has 1 aromatic carbocycles. The highest BCUT2D eigenvalue weighted by molar-refractivity contribution is 7.99. The van der Waals surface area contributed by atoms with Crippen LogP contribution >= 0.6 is 11.8 Å². The Morgan fingerprint density at radius 2 is 2.06 bits per heavy atom. The highest BCUT2D eigenvalue weighted by Gasteiger charge is 2.39. The Bertz CT molecular complexity index is 958. The van der Waals surface area contributed by atoms with E-state index >= 15 is 0 Å². The van der Waals surface area contributed by atoms with Crippen LogP contribution in [0.25, 0.3) is 0 Å². The summed E-state index contributed by atoms with van der Waals surface area (Å²) >= 11 is 1.47. The predicted octanol–water partition coefficient (Wildman–Crippen LogP) is 2.02. The molecule has 0 radical (unpaired) electrons. The molecule has 1 aliphatic heterocycles. The normalized spacial score (nSPS) is 15.7. The number of allylic oxidation sites excluding steroid dienone is 1. The van der Waals surface area contributed by atoms with E-state index in [0.29, 0.717) is 41.4 Å². The summed E-state index contributed by atoms with van der Waals surface area (Å²) in [5.41, 5.74) is 1.60. The van der Waals surface area contributed by atoms with Gasteiger partial charge in [-0.25, -0.2) is 9.59 Å². The fourth-order valence-corrected chi connectivity index (χ4v) is 4.19. The third kappa shape index (κ3) is 5.88. The van der Waals surface area contributed by atoms with Crippen molar-refractivity contribution < 1.29 is 28.8 Å². The van der Waals surface area contributed by atoms with E-state index < -0.39 is 22.8 Å². The predicted molar refractivity (Wildman–Crippen MR) is 119 cm³/mol. The van der Waals surface area contributed by atoms with Crippen molar-refractivity contribution in [1.82, 2.24) is 10.6 Å². The molecule has 0 saturated heterocycles. The smallest absolute Gasteiger partial charge is 0.336 e. The molecule has 1 atom stereocenters. The van der Waals surface area contributed by atoms with Crippen LogP contribution in [0.1, 0.15) is 25.3 Å². The van der Waals surface area contributed by atoms with Crippen LogP contribution in [0.2, 0.25) is 0 Å². The number of amides is 1. The van der Waals surface area contributed by atoms with Crippen molar-refractivity contribution >= 4 is 35.8 Å².